The highest BCUT2D eigenvalue weighted by Crippen LogP contribution is 2.25. The standard InChI is InChI=1S/C21H25FN4O2/c1-21(2,3)28-20(27)25-8-6-15(7-9-25)13-26-14-17(12-24-26)18-5-4-16(11-23)10-19(18)22/h4-5,10,12,14-15H,6-9,13H2,1-3H3. The molecule has 7 heteroatoms. The van der Waals surface area contributed by atoms with E-state index in [1.54, 1.807) is 23.2 Å². The molecular formula is C21H25FN4O2. The molecule has 2 aromatic rings. The Morgan fingerprint density at radius 2 is 2.07 bits per heavy atom. The minimum atomic E-state index is -0.486. The van der Waals surface area contributed by atoms with E-state index in [9.17, 15) is 9.18 Å². The Hall–Kier alpha value is -2.88. The molecule has 6 nitrogen and oxygen atoms in total. The maximum absolute atomic E-state index is 14.2. The molecule has 1 saturated heterocycles. The molecule has 0 spiro atoms. The second kappa shape index (κ2) is 8.01. The van der Waals surface area contributed by atoms with Gasteiger partial charge in [-0.25, -0.2) is 9.18 Å². The number of likely N-dealkylation sites (tertiary alicyclic amines) is 1. The quantitative estimate of drug-likeness (QED) is 0.795. The van der Waals surface area contributed by atoms with E-state index in [0.717, 1.165) is 19.4 Å². The summed E-state index contributed by atoms with van der Waals surface area (Å²) in [5, 5.41) is 13.2. The molecule has 28 heavy (non-hydrogen) atoms. The first-order chi connectivity index (χ1) is 13.2. The lowest BCUT2D eigenvalue weighted by atomic mass is 9.97. The van der Waals surface area contributed by atoms with Gasteiger partial charge in [0.15, 0.2) is 0 Å². The first-order valence-electron chi connectivity index (χ1n) is 9.45. The molecule has 1 fully saturated rings. The van der Waals surface area contributed by atoms with Gasteiger partial charge in [0.05, 0.1) is 17.8 Å². The van der Waals surface area contributed by atoms with Crippen molar-refractivity contribution in [3.05, 3.63) is 42.0 Å². The predicted molar refractivity (Wildman–Crippen MR) is 103 cm³/mol. The Morgan fingerprint density at radius 3 is 2.68 bits per heavy atom. The van der Waals surface area contributed by atoms with Crippen LogP contribution in [0.1, 0.15) is 39.2 Å². The normalized spacial score (nSPS) is 15.3. The molecule has 0 unspecified atom stereocenters. The van der Waals surface area contributed by atoms with Crippen LogP contribution in [0.25, 0.3) is 11.1 Å². The monoisotopic (exact) mass is 384 g/mol. The molecule has 0 aliphatic carbocycles. The van der Waals surface area contributed by atoms with Crippen LogP contribution in [0.15, 0.2) is 30.6 Å². The van der Waals surface area contributed by atoms with Crippen LogP contribution >= 0.6 is 0 Å². The topological polar surface area (TPSA) is 71.2 Å². The summed E-state index contributed by atoms with van der Waals surface area (Å²) in [4.78, 5) is 13.9. The van der Waals surface area contributed by atoms with Crippen molar-refractivity contribution in [2.24, 2.45) is 5.92 Å². The van der Waals surface area contributed by atoms with Crippen LogP contribution in [0.5, 0.6) is 0 Å². The summed E-state index contributed by atoms with van der Waals surface area (Å²) in [7, 11) is 0. The first kappa shape index (κ1) is 19.9. The Labute approximate surface area is 164 Å². The fourth-order valence-electron chi connectivity index (χ4n) is 3.31. The van der Waals surface area contributed by atoms with Crippen LogP contribution in [0.4, 0.5) is 9.18 Å². The van der Waals surface area contributed by atoms with E-state index >= 15 is 0 Å². The molecule has 1 aromatic heterocycles. The lowest BCUT2D eigenvalue weighted by Gasteiger charge is -2.33. The molecule has 0 saturated carbocycles. The number of nitriles is 1. The summed E-state index contributed by atoms with van der Waals surface area (Å²) in [6, 6.07) is 6.37. The molecule has 2 heterocycles. The van der Waals surface area contributed by atoms with Crippen molar-refractivity contribution in [1.82, 2.24) is 14.7 Å². The molecule has 0 atom stereocenters. The number of rotatable bonds is 3. The molecule has 3 rings (SSSR count). The SMILES string of the molecule is CC(C)(C)OC(=O)N1CCC(Cn2cc(-c3ccc(C#N)cc3F)cn2)CC1. The van der Waals surface area contributed by atoms with E-state index in [0.29, 0.717) is 35.7 Å². The third-order valence-electron chi connectivity index (χ3n) is 4.75. The molecule has 0 N–H and O–H groups in total. The maximum atomic E-state index is 14.2. The zero-order valence-electron chi connectivity index (χ0n) is 16.5. The number of piperidine rings is 1. The number of amides is 1. The van der Waals surface area contributed by atoms with Gasteiger partial charge in [-0.05, 0) is 51.7 Å². The van der Waals surface area contributed by atoms with Gasteiger partial charge < -0.3 is 9.64 Å². The molecular weight excluding hydrogens is 359 g/mol. The van der Waals surface area contributed by atoms with Gasteiger partial charge in [-0.2, -0.15) is 10.4 Å². The van der Waals surface area contributed by atoms with Gasteiger partial charge >= 0.3 is 6.09 Å². The van der Waals surface area contributed by atoms with Crippen LogP contribution in [0.3, 0.4) is 0 Å². The Balaban J connectivity index is 1.57. The van der Waals surface area contributed by atoms with Crippen molar-refractivity contribution in [2.45, 2.75) is 45.8 Å². The van der Waals surface area contributed by atoms with Crippen LogP contribution in [0, 0.1) is 23.1 Å². The van der Waals surface area contributed by atoms with Gasteiger partial charge in [0.1, 0.15) is 11.4 Å². The summed E-state index contributed by atoms with van der Waals surface area (Å²) in [5.41, 5.74) is 0.934. The number of carbonyl (C=O) groups excluding carboxylic acids is 1. The Bertz CT molecular complexity index is 887. The second-order valence-corrected chi connectivity index (χ2v) is 8.17. The molecule has 0 bridgehead atoms. The first-order valence-corrected chi connectivity index (χ1v) is 9.45. The lowest BCUT2D eigenvalue weighted by Crippen LogP contribution is -2.42. The largest absolute Gasteiger partial charge is 0.444 e. The summed E-state index contributed by atoms with van der Waals surface area (Å²) in [6.07, 6.45) is 4.95. The van der Waals surface area contributed by atoms with Crippen molar-refractivity contribution < 1.29 is 13.9 Å². The summed E-state index contributed by atoms with van der Waals surface area (Å²) >= 11 is 0. The van der Waals surface area contributed by atoms with E-state index in [-0.39, 0.29) is 6.09 Å². The van der Waals surface area contributed by atoms with Gasteiger partial charge in [-0.1, -0.05) is 6.07 Å². The number of benzene rings is 1. The zero-order chi connectivity index (χ0) is 20.3. The lowest BCUT2D eigenvalue weighted by molar-refractivity contribution is 0.0177. The maximum Gasteiger partial charge on any atom is 0.410 e. The molecule has 1 aliphatic rings. The number of halogens is 1. The number of hydrogen-bond donors (Lipinski definition) is 0. The van der Waals surface area contributed by atoms with E-state index in [1.165, 1.54) is 6.07 Å². The number of nitrogens with zero attached hydrogens (tertiary/aromatic N) is 4. The average molecular weight is 384 g/mol. The highest BCUT2D eigenvalue weighted by Gasteiger charge is 2.27. The van der Waals surface area contributed by atoms with Crippen LogP contribution in [-0.2, 0) is 11.3 Å². The molecule has 1 aromatic carbocycles. The van der Waals surface area contributed by atoms with Crippen molar-refractivity contribution in [3.8, 4) is 17.2 Å². The Kier molecular flexibility index (Phi) is 5.68. The molecule has 1 amide bonds. The smallest absolute Gasteiger partial charge is 0.410 e. The minimum absolute atomic E-state index is 0.261. The van der Waals surface area contributed by atoms with Crippen LogP contribution in [0.2, 0.25) is 0 Å². The van der Waals surface area contributed by atoms with Crippen molar-refractivity contribution >= 4 is 6.09 Å². The highest BCUT2D eigenvalue weighted by molar-refractivity contribution is 5.68. The van der Waals surface area contributed by atoms with Crippen LogP contribution < -0.4 is 0 Å². The third kappa shape index (κ3) is 4.89. The number of carbonyl (C=O) groups is 1. The van der Waals surface area contributed by atoms with Crippen molar-refractivity contribution in [3.63, 3.8) is 0 Å². The number of hydrogen-bond acceptors (Lipinski definition) is 4. The van der Waals surface area contributed by atoms with Gasteiger partial charge in [-0.3, -0.25) is 4.68 Å². The van der Waals surface area contributed by atoms with Crippen LogP contribution in [-0.4, -0.2) is 39.5 Å². The predicted octanol–water partition coefficient (Wildman–Crippen LogP) is 4.21. The highest BCUT2D eigenvalue weighted by atomic mass is 19.1. The molecule has 0 radical (unpaired) electrons. The van der Waals surface area contributed by atoms with E-state index in [1.807, 2.05) is 37.7 Å². The van der Waals surface area contributed by atoms with Gasteiger partial charge in [0.25, 0.3) is 0 Å². The van der Waals surface area contributed by atoms with E-state index in [2.05, 4.69) is 5.10 Å². The molecule has 148 valence electrons. The summed E-state index contributed by atoms with van der Waals surface area (Å²) < 4.78 is 21.4. The fraction of sp³-hybridized carbons (Fsp3) is 0.476. The Morgan fingerprint density at radius 1 is 1.36 bits per heavy atom. The zero-order valence-corrected chi connectivity index (χ0v) is 16.5. The van der Waals surface area contributed by atoms with E-state index < -0.39 is 11.4 Å². The van der Waals surface area contributed by atoms with Gasteiger partial charge in [0.2, 0.25) is 0 Å². The fourth-order valence-corrected chi connectivity index (χ4v) is 3.31. The van der Waals surface area contributed by atoms with Gasteiger partial charge in [0, 0.05) is 37.0 Å². The number of aromatic nitrogens is 2. The number of ether oxygens (including phenoxy) is 1. The molecule has 1 aliphatic heterocycles. The van der Waals surface area contributed by atoms with E-state index in [4.69, 9.17) is 10.00 Å². The average Bonchev–Trinajstić information content (AvgIpc) is 3.08. The second-order valence-electron chi connectivity index (χ2n) is 8.17. The summed E-state index contributed by atoms with van der Waals surface area (Å²) in [5.74, 6) is -0.0264. The third-order valence-corrected chi connectivity index (χ3v) is 4.75. The van der Waals surface area contributed by atoms with Crippen molar-refractivity contribution in [2.75, 3.05) is 13.1 Å². The minimum Gasteiger partial charge on any atom is -0.444 e. The summed E-state index contributed by atoms with van der Waals surface area (Å²) in [6.45, 7) is 7.65. The van der Waals surface area contributed by atoms with Gasteiger partial charge in [-0.15, -0.1) is 0 Å². The van der Waals surface area contributed by atoms with Crippen molar-refractivity contribution in [1.29, 1.82) is 5.26 Å².